The monoisotopic (exact) mass is 253 g/mol. The summed E-state index contributed by atoms with van der Waals surface area (Å²) >= 11 is 1.84. The molecular formula is C12H16FN3S. The van der Waals surface area contributed by atoms with E-state index in [1.807, 2.05) is 16.3 Å². The molecule has 1 heterocycles. The molecule has 0 aliphatic heterocycles. The van der Waals surface area contributed by atoms with Crippen LogP contribution in [0.4, 0.5) is 10.3 Å². The van der Waals surface area contributed by atoms with Crippen molar-refractivity contribution in [2.45, 2.75) is 19.4 Å². The Morgan fingerprint density at radius 2 is 2.24 bits per heavy atom. The van der Waals surface area contributed by atoms with E-state index in [2.05, 4.69) is 11.2 Å². The molecule has 0 fully saturated rings. The number of nitrogen functional groups attached to an aromatic ring is 1. The average Bonchev–Trinajstić information content (AvgIpc) is 2.60. The number of unbranched alkanes of at least 4 members (excludes halogenated alkanes) is 1. The lowest BCUT2D eigenvalue weighted by Gasteiger charge is -2.05. The van der Waals surface area contributed by atoms with Crippen molar-refractivity contribution in [2.24, 2.45) is 0 Å². The van der Waals surface area contributed by atoms with Gasteiger partial charge in [0.15, 0.2) is 0 Å². The topological polar surface area (TPSA) is 43.8 Å². The molecule has 0 atom stereocenters. The first-order chi connectivity index (χ1) is 8.22. The Bertz CT molecular complexity index is 510. The highest BCUT2D eigenvalue weighted by molar-refractivity contribution is 7.98. The van der Waals surface area contributed by atoms with E-state index < -0.39 is 0 Å². The van der Waals surface area contributed by atoms with Crippen molar-refractivity contribution in [1.82, 2.24) is 9.55 Å². The van der Waals surface area contributed by atoms with Crippen LogP contribution in [-0.2, 0) is 6.54 Å². The number of fused-ring (bicyclic) bond motifs is 1. The van der Waals surface area contributed by atoms with Crippen LogP contribution >= 0.6 is 11.8 Å². The number of aryl methyl sites for hydroxylation is 1. The van der Waals surface area contributed by atoms with Crippen LogP contribution in [0.3, 0.4) is 0 Å². The molecule has 0 spiro atoms. The average molecular weight is 253 g/mol. The Balaban J connectivity index is 2.18. The normalized spacial score (nSPS) is 11.2. The van der Waals surface area contributed by atoms with Gasteiger partial charge in [-0.1, -0.05) is 0 Å². The summed E-state index contributed by atoms with van der Waals surface area (Å²) in [6, 6.07) is 4.61. The van der Waals surface area contributed by atoms with Gasteiger partial charge in [0.2, 0.25) is 5.95 Å². The Morgan fingerprint density at radius 1 is 1.41 bits per heavy atom. The summed E-state index contributed by atoms with van der Waals surface area (Å²) in [5.41, 5.74) is 7.38. The first kappa shape index (κ1) is 12.2. The van der Waals surface area contributed by atoms with E-state index in [9.17, 15) is 4.39 Å². The summed E-state index contributed by atoms with van der Waals surface area (Å²) in [6.07, 6.45) is 4.32. The standard InChI is InChI=1S/C12H16FN3S/c1-17-7-3-2-6-16-11-5-4-9(13)8-10(11)15-12(16)14/h4-5,8H,2-3,6-7H2,1H3,(H2,14,15). The number of halogens is 1. The molecule has 0 aliphatic carbocycles. The van der Waals surface area contributed by atoms with Crippen LogP contribution in [0.1, 0.15) is 12.8 Å². The van der Waals surface area contributed by atoms with E-state index in [1.165, 1.54) is 12.1 Å². The molecule has 1 aromatic heterocycles. The molecule has 1 aromatic carbocycles. The van der Waals surface area contributed by atoms with Gasteiger partial charge in [-0.15, -0.1) is 0 Å². The van der Waals surface area contributed by atoms with E-state index >= 15 is 0 Å². The molecule has 2 aromatic rings. The summed E-state index contributed by atoms with van der Waals surface area (Å²) in [4.78, 5) is 4.17. The number of anilines is 1. The van der Waals surface area contributed by atoms with Crippen LogP contribution in [-0.4, -0.2) is 21.6 Å². The smallest absolute Gasteiger partial charge is 0.201 e. The largest absolute Gasteiger partial charge is 0.369 e. The fourth-order valence-corrected chi connectivity index (χ4v) is 2.37. The summed E-state index contributed by atoms with van der Waals surface area (Å²) < 4.78 is 15.0. The van der Waals surface area contributed by atoms with Crippen LogP contribution in [0.5, 0.6) is 0 Å². The SMILES string of the molecule is CSCCCCn1c(N)nc2cc(F)ccc21. The Kier molecular flexibility index (Phi) is 3.89. The van der Waals surface area contributed by atoms with E-state index in [4.69, 9.17) is 5.73 Å². The van der Waals surface area contributed by atoms with Crippen LogP contribution in [0.25, 0.3) is 11.0 Å². The summed E-state index contributed by atoms with van der Waals surface area (Å²) in [5, 5.41) is 0. The van der Waals surface area contributed by atoms with Crippen molar-refractivity contribution in [2.75, 3.05) is 17.7 Å². The highest BCUT2D eigenvalue weighted by Crippen LogP contribution is 2.19. The van der Waals surface area contributed by atoms with Crippen molar-refractivity contribution in [3.63, 3.8) is 0 Å². The highest BCUT2D eigenvalue weighted by Gasteiger charge is 2.08. The van der Waals surface area contributed by atoms with E-state index in [1.54, 1.807) is 6.07 Å². The molecule has 0 bridgehead atoms. The van der Waals surface area contributed by atoms with E-state index in [0.717, 1.165) is 30.7 Å². The maximum atomic E-state index is 13.0. The molecule has 0 radical (unpaired) electrons. The van der Waals surface area contributed by atoms with Gasteiger partial charge in [0.1, 0.15) is 5.82 Å². The molecule has 92 valence electrons. The quantitative estimate of drug-likeness (QED) is 0.833. The van der Waals surface area contributed by atoms with Gasteiger partial charge in [0.25, 0.3) is 0 Å². The molecular weight excluding hydrogens is 237 g/mol. The van der Waals surface area contributed by atoms with Gasteiger partial charge in [0, 0.05) is 12.6 Å². The molecule has 2 N–H and O–H groups in total. The zero-order valence-electron chi connectivity index (χ0n) is 9.82. The molecule has 0 unspecified atom stereocenters. The Morgan fingerprint density at radius 3 is 3.00 bits per heavy atom. The lowest BCUT2D eigenvalue weighted by molar-refractivity contribution is 0.628. The van der Waals surface area contributed by atoms with Crippen molar-refractivity contribution in [1.29, 1.82) is 0 Å². The second-order valence-electron chi connectivity index (χ2n) is 3.95. The number of hydrogen-bond donors (Lipinski definition) is 1. The van der Waals surface area contributed by atoms with Crippen LogP contribution in [0.2, 0.25) is 0 Å². The summed E-state index contributed by atoms with van der Waals surface area (Å²) in [5.74, 6) is 1.35. The van der Waals surface area contributed by atoms with Gasteiger partial charge >= 0.3 is 0 Å². The van der Waals surface area contributed by atoms with Crippen molar-refractivity contribution in [3.05, 3.63) is 24.0 Å². The van der Waals surface area contributed by atoms with Gasteiger partial charge in [-0.25, -0.2) is 9.37 Å². The molecule has 0 aliphatic rings. The van der Waals surface area contributed by atoms with Crippen LogP contribution < -0.4 is 5.73 Å². The predicted molar refractivity (Wildman–Crippen MR) is 71.7 cm³/mol. The summed E-state index contributed by atoms with van der Waals surface area (Å²) in [6.45, 7) is 0.842. The highest BCUT2D eigenvalue weighted by atomic mass is 32.2. The number of benzene rings is 1. The third-order valence-corrected chi connectivity index (χ3v) is 3.42. The van der Waals surface area contributed by atoms with Crippen molar-refractivity contribution in [3.8, 4) is 0 Å². The summed E-state index contributed by atoms with van der Waals surface area (Å²) in [7, 11) is 0. The molecule has 17 heavy (non-hydrogen) atoms. The number of rotatable bonds is 5. The second kappa shape index (κ2) is 5.40. The minimum absolute atomic E-state index is 0.274. The van der Waals surface area contributed by atoms with Gasteiger partial charge in [0.05, 0.1) is 11.0 Å². The lowest BCUT2D eigenvalue weighted by Crippen LogP contribution is -2.03. The van der Waals surface area contributed by atoms with E-state index in [0.29, 0.717) is 11.5 Å². The maximum Gasteiger partial charge on any atom is 0.201 e. The van der Waals surface area contributed by atoms with Gasteiger partial charge in [-0.2, -0.15) is 11.8 Å². The van der Waals surface area contributed by atoms with Gasteiger partial charge in [-0.3, -0.25) is 0 Å². The fraction of sp³-hybridized carbons (Fsp3) is 0.417. The minimum atomic E-state index is -0.274. The first-order valence-corrected chi connectivity index (χ1v) is 7.02. The fourth-order valence-electron chi connectivity index (χ4n) is 1.87. The van der Waals surface area contributed by atoms with Crippen molar-refractivity contribution >= 4 is 28.7 Å². The van der Waals surface area contributed by atoms with Crippen LogP contribution in [0, 0.1) is 5.82 Å². The zero-order chi connectivity index (χ0) is 12.3. The third kappa shape index (κ3) is 2.72. The van der Waals surface area contributed by atoms with Gasteiger partial charge in [-0.05, 0) is 37.0 Å². The zero-order valence-corrected chi connectivity index (χ0v) is 10.6. The minimum Gasteiger partial charge on any atom is -0.369 e. The number of nitrogens with two attached hydrogens (primary N) is 1. The lowest BCUT2D eigenvalue weighted by atomic mass is 10.3. The molecule has 0 amide bonds. The number of thioether (sulfide) groups is 1. The molecule has 0 saturated carbocycles. The molecule has 5 heteroatoms. The van der Waals surface area contributed by atoms with Crippen LogP contribution in [0.15, 0.2) is 18.2 Å². The van der Waals surface area contributed by atoms with Crippen molar-refractivity contribution < 1.29 is 4.39 Å². The maximum absolute atomic E-state index is 13.0. The molecule has 0 saturated heterocycles. The number of hydrogen-bond acceptors (Lipinski definition) is 3. The first-order valence-electron chi connectivity index (χ1n) is 5.62. The number of nitrogens with zero attached hydrogens (tertiary/aromatic N) is 2. The third-order valence-electron chi connectivity index (χ3n) is 2.72. The Hall–Kier alpha value is -1.23. The van der Waals surface area contributed by atoms with Gasteiger partial charge < -0.3 is 10.3 Å². The Labute approximate surface area is 104 Å². The second-order valence-corrected chi connectivity index (χ2v) is 4.94. The molecule has 3 nitrogen and oxygen atoms in total. The number of aromatic nitrogens is 2. The van der Waals surface area contributed by atoms with E-state index in [-0.39, 0.29) is 5.82 Å². The predicted octanol–water partition coefficient (Wildman–Crippen LogP) is 2.90. The molecule has 2 rings (SSSR count). The number of imidazole rings is 1.